The van der Waals surface area contributed by atoms with Gasteiger partial charge in [0.25, 0.3) is 0 Å². The van der Waals surface area contributed by atoms with Crippen LogP contribution in [0.1, 0.15) is 24.2 Å². The molecule has 0 atom stereocenters. The Morgan fingerprint density at radius 3 is 2.44 bits per heavy atom. The van der Waals surface area contributed by atoms with E-state index in [1.165, 1.54) is 19.2 Å². The van der Waals surface area contributed by atoms with Crippen LogP contribution in [-0.2, 0) is 0 Å². The van der Waals surface area contributed by atoms with Gasteiger partial charge in [-0.1, -0.05) is 11.6 Å². The molecule has 1 N–H and O–H groups in total. The monoisotopic (exact) mass is 244 g/mol. The summed E-state index contributed by atoms with van der Waals surface area (Å²) in [6, 6.07) is 2.80. The minimum absolute atomic E-state index is 0.0172. The molecule has 1 aromatic carbocycles. The minimum atomic E-state index is -1.09. The van der Waals surface area contributed by atoms with E-state index in [2.05, 4.69) is 0 Å². The zero-order valence-electron chi connectivity index (χ0n) is 9.28. The summed E-state index contributed by atoms with van der Waals surface area (Å²) in [7, 11) is 1.40. The Morgan fingerprint density at radius 1 is 1.38 bits per heavy atom. The lowest BCUT2D eigenvalue weighted by atomic mass is 10.2. The lowest BCUT2D eigenvalue weighted by Crippen LogP contribution is -2.07. The van der Waals surface area contributed by atoms with Crippen LogP contribution in [0.3, 0.4) is 0 Å². The van der Waals surface area contributed by atoms with E-state index in [0.717, 1.165) is 0 Å². The molecule has 5 heteroatoms. The van der Waals surface area contributed by atoms with E-state index in [-0.39, 0.29) is 22.4 Å². The average Bonchev–Trinajstić information content (AvgIpc) is 2.19. The van der Waals surface area contributed by atoms with Crippen LogP contribution in [0.4, 0.5) is 0 Å². The number of benzene rings is 1. The van der Waals surface area contributed by atoms with Crippen LogP contribution in [0.5, 0.6) is 11.5 Å². The zero-order chi connectivity index (χ0) is 12.3. The minimum Gasteiger partial charge on any atom is -0.496 e. The van der Waals surface area contributed by atoms with Gasteiger partial charge in [-0.3, -0.25) is 0 Å². The average molecular weight is 245 g/mol. The molecule has 4 nitrogen and oxygen atoms in total. The Bertz CT molecular complexity index is 401. The van der Waals surface area contributed by atoms with Crippen LogP contribution in [0.25, 0.3) is 0 Å². The van der Waals surface area contributed by atoms with Crippen molar-refractivity contribution in [2.24, 2.45) is 0 Å². The summed E-state index contributed by atoms with van der Waals surface area (Å²) in [5.41, 5.74) is 0.0172. The van der Waals surface area contributed by atoms with Crippen LogP contribution >= 0.6 is 11.6 Å². The molecule has 0 heterocycles. The Kier molecular flexibility index (Phi) is 4.01. The zero-order valence-corrected chi connectivity index (χ0v) is 10.0. The number of ether oxygens (including phenoxy) is 2. The summed E-state index contributed by atoms with van der Waals surface area (Å²) >= 11 is 5.90. The second-order valence-corrected chi connectivity index (χ2v) is 3.86. The molecule has 0 aliphatic heterocycles. The smallest absolute Gasteiger partial charge is 0.339 e. The van der Waals surface area contributed by atoms with E-state index in [1.54, 1.807) is 0 Å². The van der Waals surface area contributed by atoms with E-state index >= 15 is 0 Å². The largest absolute Gasteiger partial charge is 0.496 e. The summed E-state index contributed by atoms with van der Waals surface area (Å²) in [6.45, 7) is 3.71. The van der Waals surface area contributed by atoms with Crippen LogP contribution < -0.4 is 9.47 Å². The molecular weight excluding hydrogens is 232 g/mol. The summed E-state index contributed by atoms with van der Waals surface area (Å²) < 4.78 is 10.4. The first-order chi connectivity index (χ1) is 7.45. The lowest BCUT2D eigenvalue weighted by Gasteiger charge is -2.13. The van der Waals surface area contributed by atoms with Gasteiger partial charge in [0.15, 0.2) is 0 Å². The maximum atomic E-state index is 10.9. The topological polar surface area (TPSA) is 55.8 Å². The van der Waals surface area contributed by atoms with Gasteiger partial charge in [0.2, 0.25) is 0 Å². The molecule has 16 heavy (non-hydrogen) atoms. The highest BCUT2D eigenvalue weighted by Gasteiger charge is 2.16. The Balaban J connectivity index is 3.20. The molecule has 1 rings (SSSR count). The highest BCUT2D eigenvalue weighted by Crippen LogP contribution is 2.33. The Morgan fingerprint density at radius 2 is 2.00 bits per heavy atom. The highest BCUT2D eigenvalue weighted by molar-refractivity contribution is 6.32. The fourth-order valence-corrected chi connectivity index (χ4v) is 1.42. The fraction of sp³-hybridized carbons (Fsp3) is 0.364. The normalized spacial score (nSPS) is 10.3. The molecule has 0 radical (unpaired) electrons. The first-order valence-corrected chi connectivity index (χ1v) is 5.11. The van der Waals surface area contributed by atoms with Crippen LogP contribution in [-0.4, -0.2) is 24.3 Å². The molecule has 0 aliphatic rings. The van der Waals surface area contributed by atoms with Crippen LogP contribution in [0, 0.1) is 0 Å². The maximum Gasteiger partial charge on any atom is 0.339 e. The Hall–Kier alpha value is -1.42. The van der Waals surface area contributed by atoms with Crippen molar-refractivity contribution in [3.63, 3.8) is 0 Å². The van der Waals surface area contributed by atoms with Crippen molar-refractivity contribution in [3.8, 4) is 11.5 Å². The lowest BCUT2D eigenvalue weighted by molar-refractivity contribution is 0.0693. The van der Waals surface area contributed by atoms with Gasteiger partial charge in [-0.2, -0.15) is 0 Å². The predicted octanol–water partition coefficient (Wildman–Crippen LogP) is 2.83. The third-order valence-electron chi connectivity index (χ3n) is 1.85. The van der Waals surface area contributed by atoms with Gasteiger partial charge in [-0.15, -0.1) is 0 Å². The summed E-state index contributed by atoms with van der Waals surface area (Å²) in [5, 5.41) is 9.17. The van der Waals surface area contributed by atoms with Crippen LogP contribution in [0.2, 0.25) is 5.02 Å². The third-order valence-corrected chi connectivity index (χ3v) is 2.14. The molecule has 0 aliphatic carbocycles. The fourth-order valence-electron chi connectivity index (χ4n) is 1.22. The highest BCUT2D eigenvalue weighted by atomic mass is 35.5. The number of hydrogen-bond donors (Lipinski definition) is 1. The van der Waals surface area contributed by atoms with Gasteiger partial charge in [0, 0.05) is 6.07 Å². The van der Waals surface area contributed by atoms with Gasteiger partial charge in [-0.25, -0.2) is 4.79 Å². The molecule has 0 aromatic heterocycles. The van der Waals surface area contributed by atoms with Gasteiger partial charge >= 0.3 is 5.97 Å². The number of carbonyl (C=O) groups is 1. The number of aromatic carboxylic acids is 1. The predicted molar refractivity (Wildman–Crippen MR) is 60.7 cm³/mol. The van der Waals surface area contributed by atoms with E-state index in [0.29, 0.717) is 5.75 Å². The second-order valence-electron chi connectivity index (χ2n) is 3.45. The molecule has 0 bridgehead atoms. The van der Waals surface area contributed by atoms with Crippen molar-refractivity contribution < 1.29 is 19.4 Å². The van der Waals surface area contributed by atoms with Crippen LogP contribution in [0.15, 0.2) is 12.1 Å². The van der Waals surface area contributed by atoms with Gasteiger partial charge in [-0.05, 0) is 19.9 Å². The van der Waals surface area contributed by atoms with Gasteiger partial charge in [0.05, 0.1) is 18.2 Å². The number of carboxylic acids is 1. The van der Waals surface area contributed by atoms with Crippen molar-refractivity contribution in [1.82, 2.24) is 0 Å². The van der Waals surface area contributed by atoms with E-state index in [9.17, 15) is 4.79 Å². The number of methoxy groups -OCH3 is 1. The molecule has 88 valence electrons. The molecule has 0 amide bonds. The molecular formula is C11H13ClO4. The number of halogens is 1. The summed E-state index contributed by atoms with van der Waals surface area (Å²) in [5.74, 6) is -0.444. The van der Waals surface area contributed by atoms with Crippen molar-refractivity contribution in [2.45, 2.75) is 20.0 Å². The summed E-state index contributed by atoms with van der Waals surface area (Å²) in [6.07, 6.45) is -0.0436. The standard InChI is InChI=1S/C11H13ClO4/c1-6(2)16-10-5-9(15-3)7(11(13)14)4-8(10)12/h4-6H,1-3H3,(H,13,14). The number of carboxylic acid groups (broad SMARTS) is 1. The number of hydrogen-bond acceptors (Lipinski definition) is 3. The second kappa shape index (κ2) is 5.07. The van der Waals surface area contributed by atoms with Gasteiger partial charge < -0.3 is 14.6 Å². The molecule has 0 unspecified atom stereocenters. The van der Waals surface area contributed by atoms with Gasteiger partial charge in [0.1, 0.15) is 17.1 Å². The van der Waals surface area contributed by atoms with Crippen molar-refractivity contribution in [1.29, 1.82) is 0 Å². The molecule has 0 fully saturated rings. The van der Waals surface area contributed by atoms with E-state index < -0.39 is 5.97 Å². The first kappa shape index (κ1) is 12.6. The SMILES string of the molecule is COc1cc(OC(C)C)c(Cl)cc1C(=O)O. The van der Waals surface area contributed by atoms with E-state index in [1.807, 2.05) is 13.8 Å². The molecule has 1 aromatic rings. The van der Waals surface area contributed by atoms with Crippen molar-refractivity contribution >= 4 is 17.6 Å². The number of rotatable bonds is 4. The molecule has 0 saturated heterocycles. The van der Waals surface area contributed by atoms with Crippen molar-refractivity contribution in [2.75, 3.05) is 7.11 Å². The quantitative estimate of drug-likeness (QED) is 0.885. The maximum absolute atomic E-state index is 10.9. The first-order valence-electron chi connectivity index (χ1n) is 4.73. The third kappa shape index (κ3) is 2.79. The Labute approximate surface area is 98.7 Å². The van der Waals surface area contributed by atoms with Crippen molar-refractivity contribution in [3.05, 3.63) is 22.7 Å². The van der Waals surface area contributed by atoms with E-state index in [4.69, 9.17) is 26.2 Å². The summed E-state index contributed by atoms with van der Waals surface area (Å²) in [4.78, 5) is 10.9. The molecule has 0 saturated carbocycles. The molecule has 0 spiro atoms.